The van der Waals surface area contributed by atoms with E-state index in [1.807, 2.05) is 12.1 Å². The standard InChI is InChI=1S/C18H17F3N2O.ClH/c1-11(12-4-6-16(7-5-12)18(19,20)21)23-17(24)13-2-3-14-9-22-10-15(14)8-13;/h2-8,11,22H,9-10H2,1H3,(H,23,24);1H. The van der Waals surface area contributed by atoms with Gasteiger partial charge in [0.2, 0.25) is 0 Å². The van der Waals surface area contributed by atoms with E-state index in [1.54, 1.807) is 13.0 Å². The van der Waals surface area contributed by atoms with Crippen LogP contribution < -0.4 is 10.6 Å². The Labute approximate surface area is 150 Å². The molecule has 7 heteroatoms. The highest BCUT2D eigenvalue weighted by atomic mass is 35.5. The molecule has 0 saturated carbocycles. The Hall–Kier alpha value is -2.05. The van der Waals surface area contributed by atoms with Gasteiger partial charge in [-0.05, 0) is 47.9 Å². The van der Waals surface area contributed by atoms with Crippen LogP contribution in [0.1, 0.15) is 45.6 Å². The van der Waals surface area contributed by atoms with Crippen LogP contribution >= 0.6 is 12.4 Å². The van der Waals surface area contributed by atoms with Gasteiger partial charge in [-0.15, -0.1) is 12.4 Å². The molecule has 2 aromatic rings. The molecule has 0 bridgehead atoms. The lowest BCUT2D eigenvalue weighted by Crippen LogP contribution is -2.26. The van der Waals surface area contributed by atoms with E-state index >= 15 is 0 Å². The zero-order chi connectivity index (χ0) is 17.3. The highest BCUT2D eigenvalue weighted by Crippen LogP contribution is 2.30. The van der Waals surface area contributed by atoms with Crippen LogP contribution in [0.25, 0.3) is 0 Å². The van der Waals surface area contributed by atoms with E-state index in [-0.39, 0.29) is 24.4 Å². The van der Waals surface area contributed by atoms with Crippen molar-refractivity contribution in [1.82, 2.24) is 10.6 Å². The Morgan fingerprint density at radius 1 is 1.08 bits per heavy atom. The average Bonchev–Trinajstić information content (AvgIpc) is 3.01. The molecule has 2 N–H and O–H groups in total. The van der Waals surface area contributed by atoms with Crippen molar-refractivity contribution < 1.29 is 18.0 Å². The summed E-state index contributed by atoms with van der Waals surface area (Å²) in [7, 11) is 0. The number of nitrogens with one attached hydrogen (secondary N) is 2. The predicted molar refractivity (Wildman–Crippen MR) is 91.6 cm³/mol. The van der Waals surface area contributed by atoms with Gasteiger partial charge in [-0.2, -0.15) is 13.2 Å². The topological polar surface area (TPSA) is 41.1 Å². The van der Waals surface area contributed by atoms with Gasteiger partial charge in [0, 0.05) is 18.7 Å². The monoisotopic (exact) mass is 370 g/mol. The molecule has 0 radical (unpaired) electrons. The van der Waals surface area contributed by atoms with Crippen LogP contribution in [0, 0.1) is 0 Å². The lowest BCUT2D eigenvalue weighted by atomic mass is 10.0. The van der Waals surface area contributed by atoms with Crippen molar-refractivity contribution in [1.29, 1.82) is 0 Å². The van der Waals surface area contributed by atoms with E-state index in [0.29, 0.717) is 11.1 Å². The number of carbonyl (C=O) groups is 1. The molecule has 0 spiro atoms. The largest absolute Gasteiger partial charge is 0.416 e. The van der Waals surface area contributed by atoms with E-state index in [1.165, 1.54) is 17.7 Å². The number of rotatable bonds is 3. The number of alkyl halides is 3. The number of benzene rings is 2. The van der Waals surface area contributed by atoms with Crippen molar-refractivity contribution in [2.75, 3.05) is 0 Å². The van der Waals surface area contributed by atoms with E-state index in [9.17, 15) is 18.0 Å². The second-order valence-corrected chi connectivity index (χ2v) is 5.90. The Morgan fingerprint density at radius 2 is 1.72 bits per heavy atom. The Morgan fingerprint density at radius 3 is 2.36 bits per heavy atom. The first kappa shape index (κ1) is 19.3. The molecule has 1 unspecified atom stereocenters. The number of fused-ring (bicyclic) bond motifs is 1. The maximum atomic E-state index is 12.6. The molecule has 134 valence electrons. The molecule has 0 aliphatic carbocycles. The van der Waals surface area contributed by atoms with E-state index in [4.69, 9.17) is 0 Å². The van der Waals surface area contributed by atoms with Crippen LogP contribution in [0.4, 0.5) is 13.2 Å². The van der Waals surface area contributed by atoms with Crippen LogP contribution in [0.5, 0.6) is 0 Å². The van der Waals surface area contributed by atoms with Gasteiger partial charge in [-0.1, -0.05) is 18.2 Å². The van der Waals surface area contributed by atoms with Crippen LogP contribution in [0.2, 0.25) is 0 Å². The summed E-state index contributed by atoms with van der Waals surface area (Å²) in [6.45, 7) is 3.29. The molecule has 3 nitrogen and oxygen atoms in total. The third-order valence-corrected chi connectivity index (χ3v) is 4.18. The molecule has 1 heterocycles. The Kier molecular flexibility index (Phi) is 5.75. The third-order valence-electron chi connectivity index (χ3n) is 4.18. The maximum absolute atomic E-state index is 12.6. The first-order valence-electron chi connectivity index (χ1n) is 7.65. The second kappa shape index (κ2) is 7.45. The first-order valence-corrected chi connectivity index (χ1v) is 7.65. The lowest BCUT2D eigenvalue weighted by Gasteiger charge is -2.16. The summed E-state index contributed by atoms with van der Waals surface area (Å²) in [6.07, 6.45) is -4.36. The average molecular weight is 371 g/mol. The molecular weight excluding hydrogens is 353 g/mol. The summed E-state index contributed by atoms with van der Waals surface area (Å²) in [6, 6.07) is 9.99. The Balaban J connectivity index is 0.00000225. The predicted octanol–water partition coefficient (Wildman–Crippen LogP) is 4.22. The smallest absolute Gasteiger partial charge is 0.346 e. The summed E-state index contributed by atoms with van der Waals surface area (Å²) >= 11 is 0. The van der Waals surface area contributed by atoms with Gasteiger partial charge in [0.25, 0.3) is 5.91 Å². The minimum absolute atomic E-state index is 0. The van der Waals surface area contributed by atoms with Crippen molar-refractivity contribution in [3.63, 3.8) is 0 Å². The van der Waals surface area contributed by atoms with Crippen molar-refractivity contribution in [3.8, 4) is 0 Å². The van der Waals surface area contributed by atoms with Gasteiger partial charge in [-0.3, -0.25) is 4.79 Å². The molecular formula is C18H18ClF3N2O. The number of amides is 1. The van der Waals surface area contributed by atoms with Gasteiger partial charge in [0.05, 0.1) is 11.6 Å². The number of halogens is 4. The van der Waals surface area contributed by atoms with Crippen molar-refractivity contribution >= 4 is 18.3 Å². The number of hydrogen-bond acceptors (Lipinski definition) is 2. The third kappa shape index (κ3) is 4.32. The molecule has 1 aliphatic heterocycles. The molecule has 3 rings (SSSR count). The minimum Gasteiger partial charge on any atom is -0.346 e. The summed E-state index contributed by atoms with van der Waals surface area (Å²) in [5.74, 6) is -0.239. The van der Waals surface area contributed by atoms with Crippen molar-refractivity contribution in [2.24, 2.45) is 0 Å². The fourth-order valence-corrected chi connectivity index (χ4v) is 2.76. The van der Waals surface area contributed by atoms with Crippen molar-refractivity contribution in [2.45, 2.75) is 32.2 Å². The quantitative estimate of drug-likeness (QED) is 0.849. The van der Waals surface area contributed by atoms with Crippen LogP contribution in [0.3, 0.4) is 0 Å². The molecule has 2 aromatic carbocycles. The molecule has 25 heavy (non-hydrogen) atoms. The molecule has 1 aliphatic rings. The van der Waals surface area contributed by atoms with Crippen LogP contribution in [0.15, 0.2) is 42.5 Å². The van der Waals surface area contributed by atoms with Gasteiger partial charge >= 0.3 is 6.18 Å². The molecule has 0 aromatic heterocycles. The molecule has 0 saturated heterocycles. The fraction of sp³-hybridized carbons (Fsp3) is 0.278. The van der Waals surface area contributed by atoms with E-state index < -0.39 is 11.7 Å². The zero-order valence-electron chi connectivity index (χ0n) is 13.5. The van der Waals surface area contributed by atoms with Gasteiger partial charge in [0.1, 0.15) is 0 Å². The SMILES string of the molecule is CC(NC(=O)c1ccc2c(c1)CNC2)c1ccc(C(F)(F)F)cc1.Cl. The van der Waals surface area contributed by atoms with Gasteiger partial charge < -0.3 is 10.6 Å². The number of carbonyl (C=O) groups excluding carboxylic acids is 1. The van der Waals surface area contributed by atoms with Crippen LogP contribution in [-0.4, -0.2) is 5.91 Å². The van der Waals surface area contributed by atoms with Crippen LogP contribution in [-0.2, 0) is 19.3 Å². The molecule has 1 atom stereocenters. The highest BCUT2D eigenvalue weighted by molar-refractivity contribution is 5.94. The van der Waals surface area contributed by atoms with Gasteiger partial charge in [-0.25, -0.2) is 0 Å². The van der Waals surface area contributed by atoms with E-state index in [2.05, 4.69) is 10.6 Å². The summed E-state index contributed by atoms with van der Waals surface area (Å²) in [5, 5.41) is 6.04. The minimum atomic E-state index is -4.36. The normalized spacial score (nSPS) is 14.4. The summed E-state index contributed by atoms with van der Waals surface area (Å²) in [4.78, 5) is 12.3. The molecule has 1 amide bonds. The van der Waals surface area contributed by atoms with Gasteiger partial charge in [0.15, 0.2) is 0 Å². The summed E-state index contributed by atoms with van der Waals surface area (Å²) in [5.41, 5.74) is 2.76. The van der Waals surface area contributed by atoms with E-state index in [0.717, 1.165) is 30.8 Å². The maximum Gasteiger partial charge on any atom is 0.416 e. The number of hydrogen-bond donors (Lipinski definition) is 2. The summed E-state index contributed by atoms with van der Waals surface area (Å²) < 4.78 is 37.8. The lowest BCUT2D eigenvalue weighted by molar-refractivity contribution is -0.137. The molecule has 0 fully saturated rings. The highest BCUT2D eigenvalue weighted by Gasteiger charge is 2.30. The zero-order valence-corrected chi connectivity index (χ0v) is 14.3. The van der Waals surface area contributed by atoms with Crippen molar-refractivity contribution in [3.05, 3.63) is 70.3 Å². The fourth-order valence-electron chi connectivity index (χ4n) is 2.76. The second-order valence-electron chi connectivity index (χ2n) is 5.90. The first-order chi connectivity index (χ1) is 11.3. The Bertz CT molecular complexity index is 760.